The van der Waals surface area contributed by atoms with Gasteiger partial charge in [-0.2, -0.15) is 0 Å². The third kappa shape index (κ3) is 5.74. The maximum absolute atomic E-state index is 6.13. The molecule has 0 aliphatic carbocycles. The Kier molecular flexibility index (Phi) is 7.43. The van der Waals surface area contributed by atoms with Gasteiger partial charge in [-0.25, -0.2) is 0 Å². The number of aryl methyl sites for hydroxylation is 4. The van der Waals surface area contributed by atoms with Gasteiger partial charge in [0.2, 0.25) is 0 Å². The fraction of sp³-hybridized carbons (Fsp3) is 0.739. The summed E-state index contributed by atoms with van der Waals surface area (Å²) in [5.41, 5.74) is 4.07. The van der Waals surface area contributed by atoms with E-state index in [1.54, 1.807) is 0 Å². The molecular formula is C23H36N4O4. The number of ether oxygens (including phenoxy) is 2. The molecular weight excluding hydrogens is 396 g/mol. The first-order valence-corrected chi connectivity index (χ1v) is 11.5. The highest BCUT2D eigenvalue weighted by molar-refractivity contribution is 5.20. The molecule has 8 heteroatoms. The van der Waals surface area contributed by atoms with Crippen molar-refractivity contribution in [3.63, 3.8) is 0 Å². The maximum atomic E-state index is 6.13. The summed E-state index contributed by atoms with van der Waals surface area (Å²) in [5.74, 6) is 1.74. The van der Waals surface area contributed by atoms with Gasteiger partial charge >= 0.3 is 0 Å². The summed E-state index contributed by atoms with van der Waals surface area (Å²) in [6.07, 6.45) is 4.01. The lowest BCUT2D eigenvalue weighted by molar-refractivity contribution is 0.0439. The molecule has 0 saturated carbocycles. The zero-order valence-electron chi connectivity index (χ0n) is 19.4. The highest BCUT2D eigenvalue weighted by Gasteiger charge is 2.26. The van der Waals surface area contributed by atoms with Crippen molar-refractivity contribution in [2.75, 3.05) is 39.3 Å². The lowest BCUT2D eigenvalue weighted by Gasteiger charge is -2.20. The van der Waals surface area contributed by atoms with E-state index in [-0.39, 0.29) is 0 Å². The molecule has 0 spiro atoms. The van der Waals surface area contributed by atoms with E-state index < -0.39 is 0 Å². The molecule has 0 bridgehead atoms. The number of nitrogens with zero attached hydrogens (tertiary/aromatic N) is 4. The van der Waals surface area contributed by atoms with E-state index >= 15 is 0 Å². The second-order valence-electron chi connectivity index (χ2n) is 9.00. The van der Waals surface area contributed by atoms with E-state index in [1.165, 1.54) is 6.42 Å². The van der Waals surface area contributed by atoms with Gasteiger partial charge in [-0.1, -0.05) is 10.3 Å². The average Bonchev–Trinajstić information content (AvgIpc) is 3.51. The summed E-state index contributed by atoms with van der Waals surface area (Å²) in [5, 5.41) is 8.01. The fourth-order valence-corrected chi connectivity index (χ4v) is 4.61. The van der Waals surface area contributed by atoms with Crippen molar-refractivity contribution in [1.29, 1.82) is 0 Å². The third-order valence-electron chi connectivity index (χ3n) is 6.70. The predicted octanol–water partition coefficient (Wildman–Crippen LogP) is 3.17. The van der Waals surface area contributed by atoms with Crippen LogP contribution in [0.2, 0.25) is 0 Å². The van der Waals surface area contributed by atoms with Crippen LogP contribution in [0, 0.1) is 27.7 Å². The minimum absolute atomic E-state index is 0.308. The van der Waals surface area contributed by atoms with Crippen LogP contribution < -0.4 is 0 Å². The van der Waals surface area contributed by atoms with Crippen LogP contribution in [-0.2, 0) is 22.7 Å². The van der Waals surface area contributed by atoms with Crippen molar-refractivity contribution in [3.05, 3.63) is 34.0 Å². The number of likely N-dealkylation sites (tertiary alicyclic amines) is 2. The minimum Gasteiger partial charge on any atom is -0.372 e. The van der Waals surface area contributed by atoms with Gasteiger partial charge in [0.15, 0.2) is 0 Å². The van der Waals surface area contributed by atoms with Crippen LogP contribution in [0.1, 0.15) is 53.3 Å². The van der Waals surface area contributed by atoms with E-state index in [0.29, 0.717) is 25.4 Å². The highest BCUT2D eigenvalue weighted by atomic mass is 16.5. The van der Waals surface area contributed by atoms with E-state index in [9.17, 15) is 0 Å². The molecule has 0 radical (unpaired) electrons. The summed E-state index contributed by atoms with van der Waals surface area (Å²) in [4.78, 5) is 5.05. The van der Waals surface area contributed by atoms with Crippen LogP contribution in [0.15, 0.2) is 9.05 Å². The van der Waals surface area contributed by atoms with Crippen molar-refractivity contribution in [3.8, 4) is 0 Å². The molecule has 2 fully saturated rings. The summed E-state index contributed by atoms with van der Waals surface area (Å²) in [7, 11) is 0. The van der Waals surface area contributed by atoms with E-state index in [2.05, 4.69) is 20.1 Å². The zero-order valence-corrected chi connectivity index (χ0v) is 19.4. The summed E-state index contributed by atoms with van der Waals surface area (Å²) < 4.78 is 22.7. The van der Waals surface area contributed by atoms with E-state index in [4.69, 9.17) is 18.5 Å². The maximum Gasteiger partial charge on any atom is 0.139 e. The lowest BCUT2D eigenvalue weighted by atomic mass is 10.2. The highest BCUT2D eigenvalue weighted by Crippen LogP contribution is 2.20. The Labute approximate surface area is 184 Å². The molecule has 4 rings (SSSR count). The molecule has 0 N–H and O–H groups in total. The van der Waals surface area contributed by atoms with Crippen LogP contribution in [0.25, 0.3) is 0 Å². The number of aromatic nitrogens is 2. The Morgan fingerprint density at radius 1 is 0.774 bits per heavy atom. The van der Waals surface area contributed by atoms with Crippen molar-refractivity contribution >= 4 is 0 Å². The van der Waals surface area contributed by atoms with Gasteiger partial charge in [-0.05, 0) is 60.0 Å². The van der Waals surface area contributed by atoms with E-state index in [1.807, 2.05) is 27.7 Å². The van der Waals surface area contributed by atoms with Crippen LogP contribution in [0.4, 0.5) is 0 Å². The fourth-order valence-electron chi connectivity index (χ4n) is 4.61. The summed E-state index contributed by atoms with van der Waals surface area (Å²) in [6, 6.07) is 0. The molecule has 8 nitrogen and oxygen atoms in total. The minimum atomic E-state index is 0.308. The Hall–Kier alpha value is -1.74. The van der Waals surface area contributed by atoms with Crippen LogP contribution >= 0.6 is 0 Å². The Morgan fingerprint density at radius 2 is 1.23 bits per heavy atom. The van der Waals surface area contributed by atoms with Crippen LogP contribution in [0.5, 0.6) is 0 Å². The first-order valence-electron chi connectivity index (χ1n) is 11.5. The first-order chi connectivity index (χ1) is 15.0. The third-order valence-corrected chi connectivity index (χ3v) is 6.70. The normalized spacial score (nSPS) is 22.7. The van der Waals surface area contributed by atoms with Gasteiger partial charge in [0.05, 0.1) is 36.8 Å². The number of hydrogen-bond donors (Lipinski definition) is 0. The van der Waals surface area contributed by atoms with Gasteiger partial charge in [0.1, 0.15) is 11.5 Å². The summed E-state index contributed by atoms with van der Waals surface area (Å²) in [6.45, 7) is 15.6. The Morgan fingerprint density at radius 3 is 1.61 bits per heavy atom. The van der Waals surface area contributed by atoms with Crippen molar-refractivity contribution in [2.24, 2.45) is 0 Å². The number of rotatable bonds is 10. The molecule has 2 aliphatic rings. The molecule has 0 aromatic carbocycles. The van der Waals surface area contributed by atoms with Gasteiger partial charge in [0, 0.05) is 37.3 Å². The molecule has 4 heterocycles. The van der Waals surface area contributed by atoms with Crippen LogP contribution in [-0.4, -0.2) is 71.6 Å². The molecule has 2 aromatic heterocycles. The van der Waals surface area contributed by atoms with Gasteiger partial charge in [0.25, 0.3) is 0 Å². The predicted molar refractivity (Wildman–Crippen MR) is 116 cm³/mol. The SMILES string of the molecule is Cc1noc(C)c1COC1CCN(CCCN2CCC(OCc3c(C)noc3C)C2)C1. The standard InChI is InChI=1S/C23H36N4O4/c1-16-22(18(3)30-24-16)14-28-20-6-10-26(12-20)8-5-9-27-11-7-21(13-27)29-15-23-17(2)25-31-19(23)4/h20-21H,5-15H2,1-4H3. The van der Waals surface area contributed by atoms with Crippen molar-refractivity contribution in [2.45, 2.75) is 72.4 Å². The van der Waals surface area contributed by atoms with Gasteiger partial charge in [-0.3, -0.25) is 0 Å². The molecule has 172 valence electrons. The largest absolute Gasteiger partial charge is 0.372 e. The number of hydrogen-bond acceptors (Lipinski definition) is 8. The van der Waals surface area contributed by atoms with Crippen molar-refractivity contribution < 1.29 is 18.5 Å². The molecule has 2 aliphatic heterocycles. The van der Waals surface area contributed by atoms with Gasteiger partial charge < -0.3 is 28.3 Å². The second kappa shape index (κ2) is 10.3. The van der Waals surface area contributed by atoms with Crippen LogP contribution in [0.3, 0.4) is 0 Å². The molecule has 2 unspecified atom stereocenters. The topological polar surface area (TPSA) is 77.0 Å². The molecule has 0 amide bonds. The first kappa shape index (κ1) is 22.5. The Balaban J connectivity index is 1.09. The zero-order chi connectivity index (χ0) is 21.8. The molecule has 2 atom stereocenters. The Bertz CT molecular complexity index is 741. The van der Waals surface area contributed by atoms with E-state index in [0.717, 1.165) is 86.1 Å². The van der Waals surface area contributed by atoms with Gasteiger partial charge in [-0.15, -0.1) is 0 Å². The smallest absolute Gasteiger partial charge is 0.139 e. The molecule has 31 heavy (non-hydrogen) atoms. The van der Waals surface area contributed by atoms with Crippen molar-refractivity contribution in [1.82, 2.24) is 20.1 Å². The molecule has 2 aromatic rings. The second-order valence-corrected chi connectivity index (χ2v) is 9.00. The summed E-state index contributed by atoms with van der Waals surface area (Å²) >= 11 is 0. The monoisotopic (exact) mass is 432 g/mol. The molecule has 2 saturated heterocycles. The quantitative estimate of drug-likeness (QED) is 0.567. The average molecular weight is 433 g/mol. The lowest BCUT2D eigenvalue weighted by Crippen LogP contribution is -2.29.